The van der Waals surface area contributed by atoms with E-state index in [1.165, 1.54) is 31.3 Å². The molecule has 0 spiro atoms. The summed E-state index contributed by atoms with van der Waals surface area (Å²) in [6.45, 7) is 3.95. The van der Waals surface area contributed by atoms with Crippen LogP contribution in [0, 0.1) is 6.92 Å². The summed E-state index contributed by atoms with van der Waals surface area (Å²) in [4.78, 5) is 20.2. The Labute approximate surface area is 240 Å². The molecule has 1 aromatic carbocycles. The highest BCUT2D eigenvalue weighted by Crippen LogP contribution is 2.32. The fraction of sp³-hybridized carbons (Fsp3) is 0.379. The first kappa shape index (κ1) is 28.2. The number of hydrogen-bond acceptors (Lipinski definition) is 8. The summed E-state index contributed by atoms with van der Waals surface area (Å²) in [5.74, 6) is 0.782. The Morgan fingerprint density at radius 1 is 1.05 bits per heavy atom. The highest BCUT2D eigenvalue weighted by molar-refractivity contribution is 7.94. The number of pyridine rings is 2. The number of fused-ring (bicyclic) bond motifs is 1. The van der Waals surface area contributed by atoms with Crippen molar-refractivity contribution in [3.63, 3.8) is 0 Å². The molecule has 1 N–H and O–H groups in total. The number of aryl methyl sites for hydroxylation is 2. The normalized spacial score (nSPS) is 17.8. The van der Waals surface area contributed by atoms with Gasteiger partial charge in [0.15, 0.2) is 5.82 Å². The molecule has 1 aliphatic carbocycles. The molecule has 0 bridgehead atoms. The molecule has 1 saturated carbocycles. The van der Waals surface area contributed by atoms with Crippen LogP contribution in [-0.4, -0.2) is 59.4 Å². The molecule has 0 saturated heterocycles. The van der Waals surface area contributed by atoms with E-state index >= 15 is 0 Å². The first-order valence-corrected chi connectivity index (χ1v) is 15.3. The number of halogens is 1. The maximum absolute atomic E-state index is 12.9. The largest absolute Gasteiger partial charge is 0.351 e. The quantitative estimate of drug-likeness (QED) is 0.269. The van der Waals surface area contributed by atoms with Gasteiger partial charge < -0.3 is 10.2 Å². The Morgan fingerprint density at radius 2 is 1.82 bits per heavy atom. The zero-order valence-corrected chi connectivity index (χ0v) is 24.7. The molecule has 1 aliphatic rings. The van der Waals surface area contributed by atoms with Crippen LogP contribution in [-0.2, 0) is 16.4 Å². The lowest BCUT2D eigenvalue weighted by atomic mass is 9.90. The molecule has 0 aliphatic heterocycles. The van der Waals surface area contributed by atoms with Crippen LogP contribution in [0.1, 0.15) is 43.9 Å². The molecular weight excluding hydrogens is 546 g/mol. The molecule has 3 aromatic heterocycles. The van der Waals surface area contributed by atoms with Gasteiger partial charge in [0.2, 0.25) is 5.95 Å². The molecule has 3 heterocycles. The second-order valence-electron chi connectivity index (χ2n) is 10.4. The lowest BCUT2D eigenvalue weighted by Gasteiger charge is -2.33. The van der Waals surface area contributed by atoms with Crippen LogP contribution in [0.15, 0.2) is 59.9 Å². The topological polar surface area (TPSA) is 104 Å². The van der Waals surface area contributed by atoms with Crippen LogP contribution >= 0.6 is 11.8 Å². The molecule has 0 unspecified atom stereocenters. The minimum absolute atomic E-state index is 0.00856. The molecule has 1 fully saturated rings. The van der Waals surface area contributed by atoms with Crippen molar-refractivity contribution in [1.29, 1.82) is 0 Å². The van der Waals surface area contributed by atoms with Crippen LogP contribution in [0.3, 0.4) is 0 Å². The lowest BCUT2D eigenvalue weighted by molar-refractivity contribution is 0.221. The minimum Gasteiger partial charge on any atom is -0.351 e. The van der Waals surface area contributed by atoms with Crippen molar-refractivity contribution in [3.05, 3.63) is 66.2 Å². The maximum Gasteiger partial charge on any atom is 0.281 e. The monoisotopic (exact) mass is 579 g/mol. The Morgan fingerprint density at radius 3 is 2.48 bits per heavy atom. The van der Waals surface area contributed by atoms with E-state index in [9.17, 15) is 8.42 Å². The van der Waals surface area contributed by atoms with Crippen molar-refractivity contribution in [2.75, 3.05) is 23.2 Å². The average Bonchev–Trinajstić information content (AvgIpc) is 2.97. The van der Waals surface area contributed by atoms with E-state index in [-0.39, 0.29) is 10.7 Å². The summed E-state index contributed by atoms with van der Waals surface area (Å²) in [6, 6.07) is 11.6. The van der Waals surface area contributed by atoms with E-state index in [2.05, 4.69) is 58.3 Å². The smallest absolute Gasteiger partial charge is 0.281 e. The van der Waals surface area contributed by atoms with Crippen molar-refractivity contribution >= 4 is 44.5 Å². The van der Waals surface area contributed by atoms with Gasteiger partial charge in [0.05, 0.1) is 5.52 Å². The summed E-state index contributed by atoms with van der Waals surface area (Å²) < 4.78 is 26.5. The third-order valence-electron chi connectivity index (χ3n) is 7.61. The van der Waals surface area contributed by atoms with Crippen LogP contribution < -0.4 is 9.14 Å². The first-order chi connectivity index (χ1) is 19.2. The van der Waals surface area contributed by atoms with Gasteiger partial charge in [-0.25, -0.2) is 15.0 Å². The predicted octanol–water partition coefficient (Wildman–Crippen LogP) is 5.59. The summed E-state index contributed by atoms with van der Waals surface area (Å²) in [7, 11) is 0.304. The molecule has 5 rings (SSSR count). The molecule has 0 radical (unpaired) electrons. The summed E-state index contributed by atoms with van der Waals surface area (Å²) in [5, 5.41) is 4.50. The molecule has 210 valence electrons. The SMILES string of the molecule is CCc1cc(-c2ccc(N(Cl)S(=O)(=O)c3cccnc3)nc2C)cc2cnc(NC3CCC(N(C)C)CC3)nc12. The zero-order chi connectivity index (χ0) is 28.4. The van der Waals surface area contributed by atoms with E-state index in [1.54, 1.807) is 12.1 Å². The molecule has 0 amide bonds. The number of rotatable bonds is 8. The fourth-order valence-electron chi connectivity index (χ4n) is 5.30. The number of anilines is 2. The molecular formula is C29H34ClN7O2S. The molecule has 40 heavy (non-hydrogen) atoms. The number of benzene rings is 1. The molecule has 9 nitrogen and oxygen atoms in total. The van der Waals surface area contributed by atoms with Crippen LogP contribution in [0.2, 0.25) is 0 Å². The maximum atomic E-state index is 12.9. The average molecular weight is 580 g/mol. The Kier molecular flexibility index (Phi) is 8.21. The first-order valence-electron chi connectivity index (χ1n) is 13.5. The van der Waals surface area contributed by atoms with Gasteiger partial charge in [-0.05, 0) is 101 Å². The second kappa shape index (κ2) is 11.6. The van der Waals surface area contributed by atoms with Gasteiger partial charge in [0.25, 0.3) is 10.0 Å². The number of nitrogens with zero attached hydrogens (tertiary/aromatic N) is 6. The van der Waals surface area contributed by atoms with Gasteiger partial charge in [0.1, 0.15) is 4.90 Å². The van der Waals surface area contributed by atoms with Crippen LogP contribution in [0.25, 0.3) is 22.0 Å². The van der Waals surface area contributed by atoms with Gasteiger partial charge >= 0.3 is 0 Å². The van der Waals surface area contributed by atoms with Crippen molar-refractivity contribution in [2.24, 2.45) is 0 Å². The van der Waals surface area contributed by atoms with Gasteiger partial charge in [-0.2, -0.15) is 12.2 Å². The Balaban J connectivity index is 1.39. The lowest BCUT2D eigenvalue weighted by Crippen LogP contribution is -2.36. The third kappa shape index (κ3) is 5.75. The molecule has 11 heteroatoms. The number of hydrogen-bond donors (Lipinski definition) is 1. The van der Waals surface area contributed by atoms with Crippen molar-refractivity contribution in [2.45, 2.75) is 62.9 Å². The van der Waals surface area contributed by atoms with Gasteiger partial charge in [-0.1, -0.05) is 6.92 Å². The van der Waals surface area contributed by atoms with Crippen LogP contribution in [0.5, 0.6) is 0 Å². The van der Waals surface area contributed by atoms with E-state index in [1.807, 2.05) is 19.2 Å². The summed E-state index contributed by atoms with van der Waals surface area (Å²) in [6.07, 6.45) is 9.99. The number of sulfonamides is 1. The van der Waals surface area contributed by atoms with Crippen LogP contribution in [0.4, 0.5) is 11.8 Å². The van der Waals surface area contributed by atoms with E-state index in [0.29, 0.717) is 27.6 Å². The van der Waals surface area contributed by atoms with E-state index < -0.39 is 10.0 Å². The van der Waals surface area contributed by atoms with Gasteiger partial charge in [-0.15, -0.1) is 0 Å². The number of aromatic nitrogens is 4. The summed E-state index contributed by atoms with van der Waals surface area (Å²) in [5.41, 5.74) is 4.53. The van der Waals surface area contributed by atoms with E-state index in [4.69, 9.17) is 16.8 Å². The predicted molar refractivity (Wildman–Crippen MR) is 160 cm³/mol. The fourth-order valence-corrected chi connectivity index (χ4v) is 6.61. The Bertz CT molecular complexity index is 1610. The highest BCUT2D eigenvalue weighted by Gasteiger charge is 2.26. The third-order valence-corrected chi connectivity index (χ3v) is 9.77. The number of nitrogens with one attached hydrogen (secondary N) is 1. The zero-order valence-electron chi connectivity index (χ0n) is 23.2. The summed E-state index contributed by atoms with van der Waals surface area (Å²) >= 11 is 6.26. The molecule has 0 atom stereocenters. The van der Waals surface area contributed by atoms with Crippen molar-refractivity contribution in [3.8, 4) is 11.1 Å². The molecule has 4 aromatic rings. The highest BCUT2D eigenvalue weighted by atomic mass is 35.5. The van der Waals surface area contributed by atoms with E-state index in [0.717, 1.165) is 46.9 Å². The Hall–Kier alpha value is -3.34. The second-order valence-corrected chi connectivity index (χ2v) is 12.8. The van der Waals surface area contributed by atoms with Gasteiger partial charge in [0, 0.05) is 59.1 Å². The standard InChI is InChI=1S/C29H34ClN7O2S/c1-5-20-15-21(16-22-17-32-29(35-28(20)22)34-23-8-10-24(11-9-23)36(3)4)26-12-13-27(33-19(26)2)37(30)40(38,39)25-7-6-14-31-18-25/h6-7,12-18,23-24H,5,8-11H2,1-4H3,(H,32,34,35). The van der Waals surface area contributed by atoms with Gasteiger partial charge in [-0.3, -0.25) is 4.98 Å². The van der Waals surface area contributed by atoms with Crippen molar-refractivity contribution < 1.29 is 8.42 Å². The van der Waals surface area contributed by atoms with Crippen molar-refractivity contribution in [1.82, 2.24) is 24.8 Å². The minimum atomic E-state index is -4.00.